The molecule has 0 saturated carbocycles. The first kappa shape index (κ1) is 11.5. The van der Waals surface area contributed by atoms with E-state index in [9.17, 15) is 4.79 Å². The third-order valence-corrected chi connectivity index (χ3v) is 3.24. The highest BCUT2D eigenvalue weighted by Gasteiger charge is 2.27. The number of hydrogen-bond acceptors (Lipinski definition) is 3. The summed E-state index contributed by atoms with van der Waals surface area (Å²) in [6.45, 7) is 0. The third kappa shape index (κ3) is 2.09. The standard InChI is InChI=1S/C16H11NO2/c17-10-11-5-7-12(8-6-11)16-9-14(18)13-3-1-2-4-15(13)19-16/h1-8,16H,9H2/t16-/m1/s1. The minimum Gasteiger partial charge on any atom is -0.484 e. The smallest absolute Gasteiger partial charge is 0.170 e. The Morgan fingerprint density at radius 2 is 1.84 bits per heavy atom. The highest BCUT2D eigenvalue weighted by Crippen LogP contribution is 2.34. The topological polar surface area (TPSA) is 50.1 Å². The lowest BCUT2D eigenvalue weighted by atomic mass is 9.96. The quantitative estimate of drug-likeness (QED) is 0.779. The zero-order valence-corrected chi connectivity index (χ0v) is 10.2. The van der Waals surface area contributed by atoms with Crippen LogP contribution in [0.4, 0.5) is 0 Å². The van der Waals surface area contributed by atoms with Crippen molar-refractivity contribution in [2.75, 3.05) is 0 Å². The second-order valence-electron chi connectivity index (χ2n) is 4.46. The van der Waals surface area contributed by atoms with E-state index in [4.69, 9.17) is 10.00 Å². The van der Waals surface area contributed by atoms with Gasteiger partial charge in [-0.25, -0.2) is 0 Å². The van der Waals surface area contributed by atoms with Gasteiger partial charge in [-0.05, 0) is 29.8 Å². The SMILES string of the molecule is N#Cc1ccc([C@H]2CC(=O)c3ccccc3O2)cc1. The van der Waals surface area contributed by atoms with Crippen molar-refractivity contribution in [3.05, 3.63) is 65.2 Å². The van der Waals surface area contributed by atoms with Crippen molar-refractivity contribution >= 4 is 5.78 Å². The van der Waals surface area contributed by atoms with E-state index in [1.54, 1.807) is 18.2 Å². The first-order valence-corrected chi connectivity index (χ1v) is 6.07. The van der Waals surface area contributed by atoms with Crippen LogP contribution in [-0.4, -0.2) is 5.78 Å². The van der Waals surface area contributed by atoms with E-state index < -0.39 is 0 Å². The number of carbonyl (C=O) groups excluding carboxylic acids is 1. The van der Waals surface area contributed by atoms with Gasteiger partial charge < -0.3 is 4.74 Å². The largest absolute Gasteiger partial charge is 0.484 e. The number of para-hydroxylation sites is 1. The minimum atomic E-state index is -0.268. The number of rotatable bonds is 1. The molecule has 1 aliphatic heterocycles. The van der Waals surface area contributed by atoms with Crippen molar-refractivity contribution in [3.8, 4) is 11.8 Å². The van der Waals surface area contributed by atoms with E-state index in [1.165, 1.54) is 0 Å². The number of benzene rings is 2. The summed E-state index contributed by atoms with van der Waals surface area (Å²) in [5, 5.41) is 8.78. The molecule has 92 valence electrons. The van der Waals surface area contributed by atoms with E-state index in [-0.39, 0.29) is 11.9 Å². The predicted octanol–water partition coefficient (Wildman–Crippen LogP) is 3.26. The van der Waals surface area contributed by atoms with Crippen LogP contribution in [0, 0.1) is 11.3 Å². The number of ether oxygens (including phenoxy) is 1. The molecule has 0 spiro atoms. The summed E-state index contributed by atoms with van der Waals surface area (Å²) in [4.78, 5) is 12.1. The Labute approximate surface area is 111 Å². The number of ketones is 1. The van der Waals surface area contributed by atoms with Crippen molar-refractivity contribution < 1.29 is 9.53 Å². The van der Waals surface area contributed by atoms with Crippen LogP contribution < -0.4 is 4.74 Å². The van der Waals surface area contributed by atoms with Crippen LogP contribution in [-0.2, 0) is 0 Å². The number of Topliss-reactive ketones (excluding diaryl/α,β-unsaturated/α-hetero) is 1. The van der Waals surface area contributed by atoms with Crippen molar-refractivity contribution in [1.82, 2.24) is 0 Å². The number of nitriles is 1. The molecule has 0 aliphatic carbocycles. The molecule has 1 heterocycles. The van der Waals surface area contributed by atoms with Crippen LogP contribution in [0.25, 0.3) is 0 Å². The van der Waals surface area contributed by atoms with Gasteiger partial charge in [0.1, 0.15) is 11.9 Å². The van der Waals surface area contributed by atoms with Crippen LogP contribution in [0.15, 0.2) is 48.5 Å². The minimum absolute atomic E-state index is 0.0937. The van der Waals surface area contributed by atoms with Crippen LogP contribution in [0.2, 0.25) is 0 Å². The van der Waals surface area contributed by atoms with Crippen LogP contribution in [0.5, 0.6) is 5.75 Å². The van der Waals surface area contributed by atoms with E-state index in [2.05, 4.69) is 6.07 Å². The lowest BCUT2D eigenvalue weighted by molar-refractivity contribution is 0.0850. The summed E-state index contributed by atoms with van der Waals surface area (Å²) in [7, 11) is 0. The molecule has 0 fully saturated rings. The molecule has 1 aliphatic rings. The molecule has 0 saturated heterocycles. The summed E-state index contributed by atoms with van der Waals surface area (Å²) in [5.74, 6) is 0.726. The predicted molar refractivity (Wildman–Crippen MR) is 69.9 cm³/mol. The van der Waals surface area contributed by atoms with Crippen LogP contribution in [0.3, 0.4) is 0 Å². The van der Waals surface area contributed by atoms with Crippen molar-refractivity contribution in [2.24, 2.45) is 0 Å². The van der Waals surface area contributed by atoms with Crippen molar-refractivity contribution in [2.45, 2.75) is 12.5 Å². The molecule has 1 atom stereocenters. The fourth-order valence-electron chi connectivity index (χ4n) is 2.23. The Kier molecular flexibility index (Phi) is 2.77. The molecule has 3 heteroatoms. The Morgan fingerprint density at radius 3 is 2.58 bits per heavy atom. The number of nitrogens with zero attached hydrogens (tertiary/aromatic N) is 1. The van der Waals surface area contributed by atoms with Gasteiger partial charge in [0.25, 0.3) is 0 Å². The summed E-state index contributed by atoms with van der Waals surface area (Å²) in [6, 6.07) is 16.5. The second kappa shape index (κ2) is 4.58. The Bertz CT molecular complexity index is 668. The van der Waals surface area contributed by atoms with Gasteiger partial charge in [-0.1, -0.05) is 24.3 Å². The molecule has 3 nitrogen and oxygen atoms in total. The zero-order valence-electron chi connectivity index (χ0n) is 10.2. The van der Waals surface area contributed by atoms with Crippen molar-refractivity contribution in [3.63, 3.8) is 0 Å². The molecule has 0 unspecified atom stereocenters. The van der Waals surface area contributed by atoms with E-state index in [0.29, 0.717) is 23.3 Å². The molecule has 19 heavy (non-hydrogen) atoms. The monoisotopic (exact) mass is 249 g/mol. The van der Waals surface area contributed by atoms with Gasteiger partial charge in [0, 0.05) is 0 Å². The number of hydrogen-bond donors (Lipinski definition) is 0. The maximum atomic E-state index is 12.1. The average Bonchev–Trinajstić information content (AvgIpc) is 2.47. The van der Waals surface area contributed by atoms with E-state index in [1.807, 2.05) is 30.3 Å². The summed E-state index contributed by atoms with van der Waals surface area (Å²) < 4.78 is 5.86. The Balaban J connectivity index is 1.92. The fourth-order valence-corrected chi connectivity index (χ4v) is 2.23. The summed E-state index contributed by atoms with van der Waals surface area (Å²) in [5.41, 5.74) is 2.17. The third-order valence-electron chi connectivity index (χ3n) is 3.24. The lowest BCUT2D eigenvalue weighted by Crippen LogP contribution is -2.20. The first-order chi connectivity index (χ1) is 9.28. The maximum Gasteiger partial charge on any atom is 0.170 e. The molecule has 2 aromatic rings. The van der Waals surface area contributed by atoms with E-state index >= 15 is 0 Å². The van der Waals surface area contributed by atoms with Crippen LogP contribution >= 0.6 is 0 Å². The van der Waals surface area contributed by atoms with Gasteiger partial charge in [-0.15, -0.1) is 0 Å². The molecule has 3 rings (SSSR count). The molecule has 0 aromatic heterocycles. The van der Waals surface area contributed by atoms with E-state index in [0.717, 1.165) is 5.56 Å². The Hall–Kier alpha value is -2.60. The Morgan fingerprint density at radius 1 is 1.11 bits per heavy atom. The van der Waals surface area contributed by atoms with Gasteiger partial charge in [0.05, 0.1) is 23.6 Å². The van der Waals surface area contributed by atoms with Crippen molar-refractivity contribution in [1.29, 1.82) is 5.26 Å². The molecule has 0 bridgehead atoms. The van der Waals surface area contributed by atoms with Gasteiger partial charge in [-0.3, -0.25) is 4.79 Å². The lowest BCUT2D eigenvalue weighted by Gasteiger charge is -2.25. The van der Waals surface area contributed by atoms with Gasteiger partial charge in [-0.2, -0.15) is 5.26 Å². The zero-order chi connectivity index (χ0) is 13.2. The van der Waals surface area contributed by atoms with Gasteiger partial charge >= 0.3 is 0 Å². The molecule has 0 N–H and O–H groups in total. The van der Waals surface area contributed by atoms with Gasteiger partial charge in [0.2, 0.25) is 0 Å². The van der Waals surface area contributed by atoms with Crippen LogP contribution in [0.1, 0.15) is 34.0 Å². The highest BCUT2D eigenvalue weighted by molar-refractivity contribution is 5.99. The number of carbonyl (C=O) groups is 1. The molecule has 0 radical (unpaired) electrons. The highest BCUT2D eigenvalue weighted by atomic mass is 16.5. The average molecular weight is 249 g/mol. The maximum absolute atomic E-state index is 12.1. The second-order valence-corrected chi connectivity index (χ2v) is 4.46. The molecule has 2 aromatic carbocycles. The first-order valence-electron chi connectivity index (χ1n) is 6.07. The fraction of sp³-hybridized carbons (Fsp3) is 0.125. The summed E-state index contributed by atoms with van der Waals surface area (Å²) >= 11 is 0. The van der Waals surface area contributed by atoms with Gasteiger partial charge in [0.15, 0.2) is 5.78 Å². The summed E-state index contributed by atoms with van der Waals surface area (Å²) in [6.07, 6.45) is 0.0678. The molecule has 0 amide bonds. The molecular weight excluding hydrogens is 238 g/mol. The number of fused-ring (bicyclic) bond motifs is 1. The normalized spacial score (nSPS) is 17.2. The molecular formula is C16H11NO2.